The molecule has 0 saturated carbocycles. The highest BCUT2D eigenvalue weighted by atomic mass is 35.5. The van der Waals surface area contributed by atoms with Crippen LogP contribution < -0.4 is 15.5 Å². The Bertz CT molecular complexity index is 550. The average Bonchev–Trinajstić information content (AvgIpc) is 2.52. The first-order valence-electron chi connectivity index (χ1n) is 7.49. The Kier molecular flexibility index (Phi) is 7.75. The van der Waals surface area contributed by atoms with E-state index in [2.05, 4.69) is 15.6 Å². The molecule has 23 heavy (non-hydrogen) atoms. The molecule has 0 radical (unpaired) electrons. The number of aromatic nitrogens is 1. The summed E-state index contributed by atoms with van der Waals surface area (Å²) in [5.41, 5.74) is 1.36. The van der Waals surface area contributed by atoms with Crippen LogP contribution in [0.5, 0.6) is 0 Å². The number of rotatable bonds is 3. The molecule has 8 heteroatoms. The Morgan fingerprint density at radius 1 is 1.30 bits per heavy atom. The molecule has 128 valence electrons. The van der Waals surface area contributed by atoms with E-state index in [4.69, 9.17) is 0 Å². The number of carbonyl (C=O) groups is 2. The molecule has 0 aliphatic carbocycles. The number of carbonyl (C=O) groups excluding carboxylic acids is 2. The van der Waals surface area contributed by atoms with E-state index in [0.29, 0.717) is 18.0 Å². The second-order valence-corrected chi connectivity index (χ2v) is 5.65. The molecule has 0 spiro atoms. The van der Waals surface area contributed by atoms with Crippen LogP contribution in [0.1, 0.15) is 25.7 Å². The Morgan fingerprint density at radius 2 is 2.04 bits per heavy atom. The van der Waals surface area contributed by atoms with Gasteiger partial charge in [0.1, 0.15) is 6.54 Å². The van der Waals surface area contributed by atoms with Crippen LogP contribution >= 0.6 is 24.8 Å². The third kappa shape index (κ3) is 4.80. The van der Waals surface area contributed by atoms with Gasteiger partial charge in [-0.1, -0.05) is 0 Å². The Labute approximate surface area is 148 Å². The van der Waals surface area contributed by atoms with Crippen LogP contribution in [-0.2, 0) is 9.59 Å². The second-order valence-electron chi connectivity index (χ2n) is 5.65. The van der Waals surface area contributed by atoms with Crippen molar-refractivity contribution in [2.45, 2.75) is 25.7 Å². The average molecular weight is 361 g/mol. The lowest BCUT2D eigenvalue weighted by molar-refractivity contribution is -0.122. The minimum atomic E-state index is -0.161. The largest absolute Gasteiger partial charge is 0.321 e. The smallest absolute Gasteiger partial charge is 0.244 e. The van der Waals surface area contributed by atoms with Crippen LogP contribution in [0.2, 0.25) is 0 Å². The number of halogens is 2. The van der Waals surface area contributed by atoms with Gasteiger partial charge in [0, 0.05) is 12.6 Å². The number of piperidine rings is 1. The van der Waals surface area contributed by atoms with Gasteiger partial charge in [0.05, 0.1) is 17.6 Å². The zero-order valence-corrected chi connectivity index (χ0v) is 14.4. The molecule has 2 aliphatic heterocycles. The number of fused-ring (bicyclic) bond motifs is 1. The minimum absolute atomic E-state index is 0. The van der Waals surface area contributed by atoms with Crippen LogP contribution in [-0.4, -0.2) is 36.4 Å². The molecule has 1 saturated heterocycles. The monoisotopic (exact) mass is 360 g/mol. The Morgan fingerprint density at radius 3 is 2.78 bits per heavy atom. The fraction of sp³-hybridized carbons (Fsp3) is 0.533. The third-order valence-corrected chi connectivity index (χ3v) is 4.19. The van der Waals surface area contributed by atoms with Crippen LogP contribution in [0.25, 0.3) is 0 Å². The molecule has 0 bridgehead atoms. The molecule has 0 unspecified atom stereocenters. The predicted octanol–water partition coefficient (Wildman–Crippen LogP) is 1.99. The van der Waals surface area contributed by atoms with Crippen molar-refractivity contribution in [2.24, 2.45) is 5.92 Å². The predicted molar refractivity (Wildman–Crippen MR) is 94.5 cm³/mol. The molecule has 0 aromatic carbocycles. The normalized spacial score (nSPS) is 17.4. The van der Waals surface area contributed by atoms with E-state index in [9.17, 15) is 9.59 Å². The van der Waals surface area contributed by atoms with Gasteiger partial charge in [0.15, 0.2) is 0 Å². The summed E-state index contributed by atoms with van der Waals surface area (Å²) in [5, 5.41) is 6.08. The van der Waals surface area contributed by atoms with E-state index in [1.165, 1.54) is 0 Å². The molecular formula is C15H22Cl2N4O2. The number of anilines is 2. The van der Waals surface area contributed by atoms with Crippen molar-refractivity contribution in [3.8, 4) is 0 Å². The topological polar surface area (TPSA) is 74.3 Å². The summed E-state index contributed by atoms with van der Waals surface area (Å²) in [5.74, 6) is 0.479. The third-order valence-electron chi connectivity index (χ3n) is 4.19. The summed E-state index contributed by atoms with van der Waals surface area (Å²) in [7, 11) is 0. The van der Waals surface area contributed by atoms with Crippen molar-refractivity contribution in [3.63, 3.8) is 0 Å². The maximum Gasteiger partial charge on any atom is 0.244 e. The molecule has 1 aromatic heterocycles. The first kappa shape index (κ1) is 19.7. The number of pyridine rings is 1. The van der Waals surface area contributed by atoms with Crippen LogP contribution in [0.4, 0.5) is 11.4 Å². The van der Waals surface area contributed by atoms with Crippen molar-refractivity contribution < 1.29 is 9.59 Å². The van der Waals surface area contributed by atoms with Gasteiger partial charge in [-0.15, -0.1) is 24.8 Å². The van der Waals surface area contributed by atoms with Crippen molar-refractivity contribution in [3.05, 3.63) is 18.5 Å². The zero-order valence-electron chi connectivity index (χ0n) is 12.8. The van der Waals surface area contributed by atoms with E-state index in [1.807, 2.05) is 0 Å². The molecule has 6 nitrogen and oxygen atoms in total. The van der Waals surface area contributed by atoms with Gasteiger partial charge in [-0.25, -0.2) is 0 Å². The molecule has 3 rings (SSSR count). The summed E-state index contributed by atoms with van der Waals surface area (Å²) in [6.45, 7) is 2.18. The zero-order chi connectivity index (χ0) is 14.7. The van der Waals surface area contributed by atoms with Crippen LogP contribution in [0.15, 0.2) is 18.5 Å². The SMILES string of the molecule is Cl.Cl.O=C1CN(C(=O)CCC2CCNCC2)c2ccncc2N1. The lowest BCUT2D eigenvalue weighted by Gasteiger charge is -2.29. The summed E-state index contributed by atoms with van der Waals surface area (Å²) >= 11 is 0. The standard InChI is InChI=1S/C15H20N4O2.2ClH/c20-14-10-19(13-5-8-17-9-12(13)18-14)15(21)2-1-11-3-6-16-7-4-11;;/h5,8-9,11,16H,1-4,6-7,10H2,(H,18,20);2*1H. The Hall–Kier alpha value is -1.37. The van der Waals surface area contributed by atoms with Gasteiger partial charge < -0.3 is 15.5 Å². The maximum atomic E-state index is 12.5. The minimum Gasteiger partial charge on any atom is -0.321 e. The van der Waals surface area contributed by atoms with Gasteiger partial charge in [-0.3, -0.25) is 14.6 Å². The van der Waals surface area contributed by atoms with Crippen LogP contribution in [0.3, 0.4) is 0 Å². The van der Waals surface area contributed by atoms with Crippen LogP contribution in [0, 0.1) is 5.92 Å². The summed E-state index contributed by atoms with van der Waals surface area (Å²) in [6.07, 6.45) is 6.89. The van der Waals surface area contributed by atoms with E-state index in [0.717, 1.165) is 38.0 Å². The highest BCUT2D eigenvalue weighted by Crippen LogP contribution is 2.29. The van der Waals surface area contributed by atoms with Gasteiger partial charge in [0.25, 0.3) is 0 Å². The van der Waals surface area contributed by atoms with E-state index in [1.54, 1.807) is 23.4 Å². The molecule has 2 N–H and O–H groups in total. The quantitative estimate of drug-likeness (QED) is 0.864. The number of amides is 2. The summed E-state index contributed by atoms with van der Waals surface area (Å²) in [4.78, 5) is 29.7. The fourth-order valence-corrected chi connectivity index (χ4v) is 2.99. The summed E-state index contributed by atoms with van der Waals surface area (Å²) in [6, 6.07) is 1.78. The molecule has 1 fully saturated rings. The molecule has 1 aromatic rings. The second kappa shape index (κ2) is 9.05. The fourth-order valence-electron chi connectivity index (χ4n) is 2.99. The van der Waals surface area contributed by atoms with Crippen molar-refractivity contribution in [1.82, 2.24) is 10.3 Å². The van der Waals surface area contributed by atoms with E-state index >= 15 is 0 Å². The number of hydrogen-bond donors (Lipinski definition) is 2. The lowest BCUT2D eigenvalue weighted by atomic mass is 9.93. The summed E-state index contributed by atoms with van der Waals surface area (Å²) < 4.78 is 0. The van der Waals surface area contributed by atoms with Crippen molar-refractivity contribution in [2.75, 3.05) is 29.9 Å². The molecule has 2 amide bonds. The van der Waals surface area contributed by atoms with E-state index in [-0.39, 0.29) is 43.2 Å². The molecule has 2 aliphatic rings. The highest BCUT2D eigenvalue weighted by Gasteiger charge is 2.27. The maximum absolute atomic E-state index is 12.5. The number of nitrogens with zero attached hydrogens (tertiary/aromatic N) is 2. The lowest BCUT2D eigenvalue weighted by Crippen LogP contribution is -2.42. The first-order valence-corrected chi connectivity index (χ1v) is 7.49. The number of nitrogens with one attached hydrogen (secondary N) is 2. The van der Waals surface area contributed by atoms with Gasteiger partial charge in [-0.05, 0) is 44.3 Å². The van der Waals surface area contributed by atoms with Gasteiger partial charge in [-0.2, -0.15) is 0 Å². The molecule has 0 atom stereocenters. The Balaban J connectivity index is 0.00000132. The molecule has 3 heterocycles. The van der Waals surface area contributed by atoms with E-state index < -0.39 is 0 Å². The number of hydrogen-bond acceptors (Lipinski definition) is 4. The van der Waals surface area contributed by atoms with Crippen molar-refractivity contribution >= 4 is 48.0 Å². The van der Waals surface area contributed by atoms with Crippen molar-refractivity contribution in [1.29, 1.82) is 0 Å². The molecular weight excluding hydrogens is 339 g/mol. The highest BCUT2D eigenvalue weighted by molar-refractivity contribution is 6.09. The van der Waals surface area contributed by atoms with Gasteiger partial charge >= 0.3 is 0 Å². The van der Waals surface area contributed by atoms with Gasteiger partial charge in [0.2, 0.25) is 11.8 Å². The first-order chi connectivity index (χ1) is 10.2.